The van der Waals surface area contributed by atoms with Crippen molar-refractivity contribution in [2.75, 3.05) is 32.8 Å². The standard InChI is InChI=1S/C22H28N4O3/c1-16-14-19(17(2)26(16)15-18-6-3-4-8-23-18)21(27)24-9-11-25(12-10-24)22(28)20-7-5-13-29-20/h3-4,6,8,14,20H,5,7,9-13,15H2,1-2H3. The summed E-state index contributed by atoms with van der Waals surface area (Å²) in [5.41, 5.74) is 3.70. The highest BCUT2D eigenvalue weighted by Gasteiger charge is 2.32. The second kappa shape index (κ2) is 8.37. The lowest BCUT2D eigenvalue weighted by atomic mass is 10.1. The summed E-state index contributed by atoms with van der Waals surface area (Å²) in [6.07, 6.45) is 3.25. The summed E-state index contributed by atoms with van der Waals surface area (Å²) < 4.78 is 7.64. The summed E-state index contributed by atoms with van der Waals surface area (Å²) in [5.74, 6) is 0.109. The first-order valence-electron chi connectivity index (χ1n) is 10.3. The van der Waals surface area contributed by atoms with Gasteiger partial charge in [0.05, 0.1) is 17.8 Å². The molecule has 0 N–H and O–H groups in total. The molecule has 154 valence electrons. The SMILES string of the molecule is Cc1cc(C(=O)N2CCN(C(=O)C3CCCO3)CC2)c(C)n1Cc1ccccn1. The van der Waals surface area contributed by atoms with E-state index >= 15 is 0 Å². The van der Waals surface area contributed by atoms with Crippen LogP contribution < -0.4 is 0 Å². The summed E-state index contributed by atoms with van der Waals surface area (Å²) in [6.45, 7) is 7.57. The van der Waals surface area contributed by atoms with Crippen LogP contribution in [-0.4, -0.2) is 70.1 Å². The maximum atomic E-state index is 13.1. The Bertz CT molecular complexity index is 879. The van der Waals surface area contributed by atoms with E-state index in [1.54, 1.807) is 6.20 Å². The molecule has 2 amide bonds. The van der Waals surface area contributed by atoms with E-state index in [0.717, 1.165) is 35.5 Å². The van der Waals surface area contributed by atoms with Crippen LogP contribution in [-0.2, 0) is 16.1 Å². The average Bonchev–Trinajstić information content (AvgIpc) is 3.38. The fourth-order valence-electron chi connectivity index (χ4n) is 4.19. The molecule has 2 fully saturated rings. The van der Waals surface area contributed by atoms with Gasteiger partial charge in [0, 0.05) is 50.4 Å². The van der Waals surface area contributed by atoms with Gasteiger partial charge >= 0.3 is 0 Å². The molecule has 0 spiro atoms. The van der Waals surface area contributed by atoms with Crippen molar-refractivity contribution < 1.29 is 14.3 Å². The van der Waals surface area contributed by atoms with Crippen molar-refractivity contribution in [2.24, 2.45) is 0 Å². The van der Waals surface area contributed by atoms with Crippen molar-refractivity contribution in [3.63, 3.8) is 0 Å². The predicted molar refractivity (Wildman–Crippen MR) is 109 cm³/mol. The number of carbonyl (C=O) groups is 2. The highest BCUT2D eigenvalue weighted by Crippen LogP contribution is 2.20. The van der Waals surface area contributed by atoms with Gasteiger partial charge in [-0.3, -0.25) is 14.6 Å². The molecule has 7 nitrogen and oxygen atoms in total. The second-order valence-corrected chi connectivity index (χ2v) is 7.81. The Labute approximate surface area is 171 Å². The van der Waals surface area contributed by atoms with Crippen LogP contribution in [0.1, 0.15) is 40.3 Å². The van der Waals surface area contributed by atoms with E-state index in [1.807, 2.05) is 47.9 Å². The van der Waals surface area contributed by atoms with E-state index in [0.29, 0.717) is 39.3 Å². The van der Waals surface area contributed by atoms with Crippen LogP contribution in [0.3, 0.4) is 0 Å². The van der Waals surface area contributed by atoms with Gasteiger partial charge in [-0.2, -0.15) is 0 Å². The monoisotopic (exact) mass is 396 g/mol. The highest BCUT2D eigenvalue weighted by molar-refractivity contribution is 5.96. The molecule has 2 aliphatic heterocycles. The molecule has 4 rings (SSSR count). The van der Waals surface area contributed by atoms with Crippen molar-refractivity contribution in [2.45, 2.75) is 39.3 Å². The van der Waals surface area contributed by atoms with Gasteiger partial charge in [0.2, 0.25) is 0 Å². The third kappa shape index (κ3) is 4.05. The molecular weight excluding hydrogens is 368 g/mol. The quantitative estimate of drug-likeness (QED) is 0.793. The Morgan fingerprint density at radius 3 is 2.55 bits per heavy atom. The average molecular weight is 396 g/mol. The maximum absolute atomic E-state index is 13.1. The van der Waals surface area contributed by atoms with E-state index < -0.39 is 0 Å². The second-order valence-electron chi connectivity index (χ2n) is 7.81. The molecule has 1 unspecified atom stereocenters. The predicted octanol–water partition coefficient (Wildman–Crippen LogP) is 2.01. The first-order valence-corrected chi connectivity index (χ1v) is 10.3. The third-order valence-electron chi connectivity index (χ3n) is 5.93. The molecule has 0 radical (unpaired) electrons. The lowest BCUT2D eigenvalue weighted by Crippen LogP contribution is -2.52. The number of aromatic nitrogens is 2. The van der Waals surface area contributed by atoms with Gasteiger partial charge in [0.15, 0.2) is 0 Å². The van der Waals surface area contributed by atoms with Gasteiger partial charge in [-0.1, -0.05) is 6.07 Å². The lowest BCUT2D eigenvalue weighted by Gasteiger charge is -2.35. The van der Waals surface area contributed by atoms with Crippen LogP contribution in [0.4, 0.5) is 0 Å². The number of rotatable bonds is 4. The number of aryl methyl sites for hydroxylation is 1. The van der Waals surface area contributed by atoms with E-state index in [1.165, 1.54) is 0 Å². The number of hydrogen-bond donors (Lipinski definition) is 0. The zero-order valence-electron chi connectivity index (χ0n) is 17.1. The molecular formula is C22H28N4O3. The van der Waals surface area contributed by atoms with Gasteiger partial charge in [-0.15, -0.1) is 0 Å². The van der Waals surface area contributed by atoms with E-state index in [9.17, 15) is 9.59 Å². The zero-order chi connectivity index (χ0) is 20.4. The molecule has 2 aromatic heterocycles. The minimum Gasteiger partial charge on any atom is -0.368 e. The Morgan fingerprint density at radius 2 is 1.90 bits per heavy atom. The van der Waals surface area contributed by atoms with Gasteiger partial charge in [0.25, 0.3) is 11.8 Å². The lowest BCUT2D eigenvalue weighted by molar-refractivity contribution is -0.142. The van der Waals surface area contributed by atoms with Gasteiger partial charge in [0.1, 0.15) is 6.10 Å². The minimum atomic E-state index is -0.289. The van der Waals surface area contributed by atoms with E-state index in [-0.39, 0.29) is 17.9 Å². The van der Waals surface area contributed by atoms with Crippen LogP contribution >= 0.6 is 0 Å². The zero-order valence-corrected chi connectivity index (χ0v) is 17.1. The number of nitrogens with zero attached hydrogens (tertiary/aromatic N) is 4. The van der Waals surface area contributed by atoms with Crippen LogP contribution in [0.2, 0.25) is 0 Å². The number of hydrogen-bond acceptors (Lipinski definition) is 4. The molecule has 0 saturated carbocycles. The fourth-order valence-corrected chi connectivity index (χ4v) is 4.19. The third-order valence-corrected chi connectivity index (χ3v) is 5.93. The molecule has 2 saturated heterocycles. The highest BCUT2D eigenvalue weighted by atomic mass is 16.5. The fraction of sp³-hybridized carbons (Fsp3) is 0.500. The Balaban J connectivity index is 1.41. The van der Waals surface area contributed by atoms with E-state index in [4.69, 9.17) is 4.74 Å². The Kier molecular flexibility index (Phi) is 5.67. The van der Waals surface area contributed by atoms with Gasteiger partial charge in [-0.05, 0) is 44.9 Å². The molecule has 0 aromatic carbocycles. The largest absolute Gasteiger partial charge is 0.368 e. The maximum Gasteiger partial charge on any atom is 0.255 e. The molecule has 2 aromatic rings. The van der Waals surface area contributed by atoms with Gasteiger partial charge in [-0.25, -0.2) is 0 Å². The first kappa shape index (κ1) is 19.6. The van der Waals surface area contributed by atoms with Crippen LogP contribution in [0, 0.1) is 13.8 Å². The summed E-state index contributed by atoms with van der Waals surface area (Å²) in [4.78, 5) is 33.7. The van der Waals surface area contributed by atoms with Crippen molar-refractivity contribution in [1.29, 1.82) is 0 Å². The minimum absolute atomic E-state index is 0.0367. The number of pyridine rings is 1. The Hall–Kier alpha value is -2.67. The van der Waals surface area contributed by atoms with Crippen LogP contribution in [0.5, 0.6) is 0 Å². The molecule has 0 aliphatic carbocycles. The number of amides is 2. The van der Waals surface area contributed by atoms with Crippen molar-refractivity contribution >= 4 is 11.8 Å². The first-order chi connectivity index (χ1) is 14.0. The molecule has 0 bridgehead atoms. The molecule has 4 heterocycles. The molecule has 29 heavy (non-hydrogen) atoms. The smallest absolute Gasteiger partial charge is 0.255 e. The van der Waals surface area contributed by atoms with Crippen molar-refractivity contribution in [3.05, 3.63) is 53.1 Å². The number of piperazine rings is 1. The number of ether oxygens (including phenoxy) is 1. The van der Waals surface area contributed by atoms with Crippen molar-refractivity contribution in [1.82, 2.24) is 19.4 Å². The summed E-state index contributed by atoms with van der Waals surface area (Å²) in [7, 11) is 0. The topological polar surface area (TPSA) is 67.7 Å². The van der Waals surface area contributed by atoms with E-state index in [2.05, 4.69) is 9.55 Å². The number of carbonyl (C=O) groups excluding carboxylic acids is 2. The molecule has 7 heteroatoms. The van der Waals surface area contributed by atoms with Crippen LogP contribution in [0.15, 0.2) is 30.5 Å². The molecule has 1 atom stereocenters. The summed E-state index contributed by atoms with van der Waals surface area (Å²) in [5, 5.41) is 0. The Morgan fingerprint density at radius 1 is 1.14 bits per heavy atom. The summed E-state index contributed by atoms with van der Waals surface area (Å²) >= 11 is 0. The van der Waals surface area contributed by atoms with Crippen molar-refractivity contribution in [3.8, 4) is 0 Å². The van der Waals surface area contributed by atoms with Crippen LogP contribution in [0.25, 0.3) is 0 Å². The summed E-state index contributed by atoms with van der Waals surface area (Å²) in [6, 6.07) is 7.83. The normalized spacial score (nSPS) is 19.6. The molecule has 2 aliphatic rings. The van der Waals surface area contributed by atoms with Gasteiger partial charge < -0.3 is 19.1 Å².